The number of rotatable bonds is 3. The van der Waals surface area contributed by atoms with Gasteiger partial charge in [-0.25, -0.2) is 0 Å². The van der Waals surface area contributed by atoms with Crippen molar-refractivity contribution in [2.45, 2.75) is 13.5 Å². The number of nitrogen functional groups attached to an aromatic ring is 1. The number of hydrogen-bond donors (Lipinski definition) is 2. The van der Waals surface area contributed by atoms with Crippen molar-refractivity contribution in [3.63, 3.8) is 0 Å². The van der Waals surface area contributed by atoms with Gasteiger partial charge < -0.3 is 11.1 Å². The topological polar surface area (TPSA) is 55.1 Å². The Morgan fingerprint density at radius 3 is 2.68 bits per heavy atom. The summed E-state index contributed by atoms with van der Waals surface area (Å²) in [6.07, 6.45) is 0. The molecule has 0 radical (unpaired) electrons. The minimum atomic E-state index is -0.197. The number of aryl methyl sites for hydroxylation is 1. The van der Waals surface area contributed by atoms with Crippen molar-refractivity contribution in [1.82, 2.24) is 5.32 Å². The number of nitrogens with two attached hydrogens (primary N) is 1. The lowest BCUT2D eigenvalue weighted by molar-refractivity contribution is 0.0952. The molecule has 2 rings (SSSR count). The minimum absolute atomic E-state index is 0.197. The molecule has 19 heavy (non-hydrogen) atoms. The van der Waals surface area contributed by atoms with Crippen LogP contribution in [0.25, 0.3) is 0 Å². The van der Waals surface area contributed by atoms with E-state index in [-0.39, 0.29) is 5.91 Å². The van der Waals surface area contributed by atoms with E-state index in [2.05, 4.69) is 5.32 Å². The van der Waals surface area contributed by atoms with Crippen LogP contribution in [0.5, 0.6) is 0 Å². The van der Waals surface area contributed by atoms with Gasteiger partial charge in [-0.15, -0.1) is 0 Å². The molecule has 0 saturated carbocycles. The van der Waals surface area contributed by atoms with E-state index < -0.39 is 0 Å². The van der Waals surface area contributed by atoms with E-state index in [0.29, 0.717) is 22.8 Å². The number of carbonyl (C=O) groups is 1. The highest BCUT2D eigenvalue weighted by molar-refractivity contribution is 6.31. The van der Waals surface area contributed by atoms with Crippen molar-refractivity contribution >= 4 is 23.2 Å². The summed E-state index contributed by atoms with van der Waals surface area (Å²) in [5.41, 5.74) is 8.71. The first-order valence-electron chi connectivity index (χ1n) is 5.95. The molecule has 0 heterocycles. The van der Waals surface area contributed by atoms with Crippen molar-refractivity contribution in [1.29, 1.82) is 0 Å². The highest BCUT2D eigenvalue weighted by Gasteiger charge is 2.09. The summed E-state index contributed by atoms with van der Waals surface area (Å²) >= 11 is 6.03. The molecule has 0 aromatic heterocycles. The Morgan fingerprint density at radius 1 is 1.26 bits per heavy atom. The summed E-state index contributed by atoms with van der Waals surface area (Å²) in [5.74, 6) is -0.197. The van der Waals surface area contributed by atoms with Crippen LogP contribution in [0.2, 0.25) is 5.02 Å². The van der Waals surface area contributed by atoms with Gasteiger partial charge in [0.25, 0.3) is 5.91 Å². The van der Waals surface area contributed by atoms with Gasteiger partial charge in [0.1, 0.15) is 0 Å². The molecular weight excluding hydrogens is 260 g/mol. The van der Waals surface area contributed by atoms with Gasteiger partial charge >= 0.3 is 0 Å². The van der Waals surface area contributed by atoms with Crippen molar-refractivity contribution < 1.29 is 4.79 Å². The Morgan fingerprint density at radius 2 is 2.00 bits per heavy atom. The first kappa shape index (κ1) is 13.4. The van der Waals surface area contributed by atoms with Gasteiger partial charge in [-0.05, 0) is 36.2 Å². The van der Waals surface area contributed by atoms with Crippen molar-refractivity contribution in [2.24, 2.45) is 0 Å². The zero-order valence-corrected chi connectivity index (χ0v) is 11.4. The van der Waals surface area contributed by atoms with Gasteiger partial charge in [-0.1, -0.05) is 35.9 Å². The van der Waals surface area contributed by atoms with Crippen LogP contribution >= 0.6 is 11.6 Å². The van der Waals surface area contributed by atoms with Crippen molar-refractivity contribution in [3.8, 4) is 0 Å². The fourth-order valence-electron chi connectivity index (χ4n) is 1.80. The molecule has 0 atom stereocenters. The molecule has 0 saturated heterocycles. The molecule has 0 aliphatic rings. The van der Waals surface area contributed by atoms with E-state index in [0.717, 1.165) is 11.1 Å². The van der Waals surface area contributed by atoms with Gasteiger partial charge in [0.15, 0.2) is 0 Å². The number of halogens is 1. The number of anilines is 1. The van der Waals surface area contributed by atoms with Crippen LogP contribution in [0, 0.1) is 6.92 Å². The molecule has 2 aromatic rings. The van der Waals surface area contributed by atoms with E-state index in [1.165, 1.54) is 0 Å². The highest BCUT2D eigenvalue weighted by Crippen LogP contribution is 2.16. The average molecular weight is 275 g/mol. The summed E-state index contributed by atoms with van der Waals surface area (Å²) in [6, 6.07) is 12.8. The van der Waals surface area contributed by atoms with Crippen LogP contribution in [0.3, 0.4) is 0 Å². The number of amides is 1. The first-order valence-corrected chi connectivity index (χ1v) is 6.33. The SMILES string of the molecule is Cc1ccc(C(=O)NCc2ccccc2Cl)c(N)c1. The number of hydrogen-bond acceptors (Lipinski definition) is 2. The van der Waals surface area contributed by atoms with Gasteiger partial charge in [0, 0.05) is 17.3 Å². The largest absolute Gasteiger partial charge is 0.398 e. The lowest BCUT2D eigenvalue weighted by Crippen LogP contribution is -2.24. The number of carbonyl (C=O) groups excluding carboxylic acids is 1. The summed E-state index contributed by atoms with van der Waals surface area (Å²) < 4.78 is 0. The van der Waals surface area contributed by atoms with E-state index in [4.69, 9.17) is 17.3 Å². The molecule has 3 nitrogen and oxygen atoms in total. The molecule has 0 unspecified atom stereocenters. The predicted octanol–water partition coefficient (Wildman–Crippen LogP) is 3.16. The summed E-state index contributed by atoms with van der Waals surface area (Å²) in [6.45, 7) is 2.31. The van der Waals surface area contributed by atoms with Crippen molar-refractivity contribution in [2.75, 3.05) is 5.73 Å². The maximum absolute atomic E-state index is 12.0. The van der Waals surface area contributed by atoms with E-state index in [9.17, 15) is 4.79 Å². The predicted molar refractivity (Wildman–Crippen MR) is 78.2 cm³/mol. The normalized spacial score (nSPS) is 10.2. The van der Waals surface area contributed by atoms with Crippen molar-refractivity contribution in [3.05, 3.63) is 64.2 Å². The molecule has 0 fully saturated rings. The molecule has 0 bridgehead atoms. The van der Waals surface area contributed by atoms with E-state index in [1.54, 1.807) is 18.2 Å². The molecule has 3 N–H and O–H groups in total. The number of nitrogens with one attached hydrogen (secondary N) is 1. The van der Waals surface area contributed by atoms with Gasteiger partial charge in [-0.2, -0.15) is 0 Å². The lowest BCUT2D eigenvalue weighted by atomic mass is 10.1. The Hall–Kier alpha value is -2.00. The van der Waals surface area contributed by atoms with Crippen LogP contribution in [0.1, 0.15) is 21.5 Å². The first-order chi connectivity index (χ1) is 9.08. The second-order valence-corrected chi connectivity index (χ2v) is 4.77. The van der Waals surface area contributed by atoms with Crippen LogP contribution in [-0.4, -0.2) is 5.91 Å². The minimum Gasteiger partial charge on any atom is -0.398 e. The zero-order chi connectivity index (χ0) is 13.8. The monoisotopic (exact) mass is 274 g/mol. The molecule has 1 amide bonds. The summed E-state index contributed by atoms with van der Waals surface area (Å²) in [7, 11) is 0. The second-order valence-electron chi connectivity index (χ2n) is 4.36. The molecule has 4 heteroatoms. The van der Waals surface area contributed by atoms with Gasteiger partial charge in [0.2, 0.25) is 0 Å². The molecule has 2 aromatic carbocycles. The molecular formula is C15H15ClN2O. The highest BCUT2D eigenvalue weighted by atomic mass is 35.5. The molecule has 0 spiro atoms. The molecule has 0 aliphatic carbocycles. The lowest BCUT2D eigenvalue weighted by Gasteiger charge is -2.09. The van der Waals surface area contributed by atoms with E-state index >= 15 is 0 Å². The molecule has 98 valence electrons. The third kappa shape index (κ3) is 3.26. The third-order valence-electron chi connectivity index (χ3n) is 2.85. The smallest absolute Gasteiger partial charge is 0.253 e. The molecule has 0 aliphatic heterocycles. The summed E-state index contributed by atoms with van der Waals surface area (Å²) in [4.78, 5) is 12.0. The van der Waals surface area contributed by atoms with Crippen LogP contribution in [-0.2, 0) is 6.54 Å². The Balaban J connectivity index is 2.08. The fraction of sp³-hybridized carbons (Fsp3) is 0.133. The van der Waals surface area contributed by atoms with Crippen LogP contribution in [0.15, 0.2) is 42.5 Å². The van der Waals surface area contributed by atoms with Crippen LogP contribution in [0.4, 0.5) is 5.69 Å². The third-order valence-corrected chi connectivity index (χ3v) is 3.22. The Bertz CT molecular complexity index is 611. The maximum Gasteiger partial charge on any atom is 0.253 e. The quantitative estimate of drug-likeness (QED) is 0.845. The standard InChI is InChI=1S/C15H15ClN2O/c1-10-6-7-12(14(17)8-10)15(19)18-9-11-4-2-3-5-13(11)16/h2-8H,9,17H2,1H3,(H,18,19). The van der Waals surface area contributed by atoms with Crippen LogP contribution < -0.4 is 11.1 Å². The Kier molecular flexibility index (Phi) is 4.07. The maximum atomic E-state index is 12.0. The average Bonchev–Trinajstić information content (AvgIpc) is 2.37. The fourth-order valence-corrected chi connectivity index (χ4v) is 2.00. The zero-order valence-electron chi connectivity index (χ0n) is 10.6. The Labute approximate surface area is 117 Å². The summed E-state index contributed by atoms with van der Waals surface area (Å²) in [5, 5.41) is 3.45. The van der Waals surface area contributed by atoms with E-state index in [1.807, 2.05) is 31.2 Å². The second kappa shape index (κ2) is 5.76. The van der Waals surface area contributed by atoms with Gasteiger partial charge in [-0.3, -0.25) is 4.79 Å². The van der Waals surface area contributed by atoms with Gasteiger partial charge in [0.05, 0.1) is 5.56 Å². The number of benzene rings is 2.